The van der Waals surface area contributed by atoms with E-state index in [4.69, 9.17) is 14.2 Å². The lowest BCUT2D eigenvalue weighted by Gasteiger charge is -2.28. The number of carbonyl (C=O) groups is 2. The summed E-state index contributed by atoms with van der Waals surface area (Å²) in [7, 11) is 8.44. The highest BCUT2D eigenvalue weighted by atomic mass is 16.5. The first-order valence-electron chi connectivity index (χ1n) is 11.6. The number of benzene rings is 2. The van der Waals surface area contributed by atoms with Crippen molar-refractivity contribution in [2.45, 2.75) is 25.3 Å². The maximum Gasteiger partial charge on any atom is 0.290 e. The largest absolute Gasteiger partial charge is 0.503 e. The summed E-state index contributed by atoms with van der Waals surface area (Å²) in [5.41, 5.74) is 1.72. The summed E-state index contributed by atoms with van der Waals surface area (Å²) in [6, 6.07) is 12.3. The molecule has 3 rings (SSSR count). The minimum Gasteiger partial charge on any atom is -0.503 e. The Hall–Kier alpha value is -3.52. The minimum atomic E-state index is -0.762. The topological polar surface area (TPSA) is 88.5 Å². The zero-order valence-corrected chi connectivity index (χ0v) is 21.0. The van der Waals surface area contributed by atoms with Gasteiger partial charge in [-0.05, 0) is 56.7 Å². The van der Waals surface area contributed by atoms with Gasteiger partial charge in [0.05, 0.1) is 32.9 Å². The van der Waals surface area contributed by atoms with Crippen LogP contribution in [0.1, 0.15) is 30.0 Å². The zero-order valence-electron chi connectivity index (χ0n) is 21.0. The molecule has 1 aliphatic heterocycles. The number of hydrogen-bond acceptors (Lipinski definition) is 7. The van der Waals surface area contributed by atoms with Crippen LogP contribution in [-0.4, -0.2) is 75.1 Å². The number of Topliss-reactive ketones (excluding diaryl/α,β-unsaturated/α-hetero) is 1. The molecule has 0 saturated carbocycles. The van der Waals surface area contributed by atoms with Crippen LogP contribution in [0.3, 0.4) is 0 Å². The van der Waals surface area contributed by atoms with E-state index < -0.39 is 17.7 Å². The van der Waals surface area contributed by atoms with E-state index in [9.17, 15) is 14.7 Å². The predicted octanol–water partition coefficient (Wildman–Crippen LogP) is 3.56. The molecule has 8 nitrogen and oxygen atoms in total. The lowest BCUT2D eigenvalue weighted by Crippen LogP contribution is -2.33. The average Bonchev–Trinajstić information content (AvgIpc) is 3.11. The molecule has 0 fully saturated rings. The van der Waals surface area contributed by atoms with Gasteiger partial charge in [0, 0.05) is 13.0 Å². The van der Waals surface area contributed by atoms with Crippen LogP contribution in [0.15, 0.2) is 53.8 Å². The Balaban J connectivity index is 2.01. The van der Waals surface area contributed by atoms with Gasteiger partial charge in [-0.25, -0.2) is 0 Å². The van der Waals surface area contributed by atoms with Gasteiger partial charge in [0.15, 0.2) is 23.0 Å². The monoisotopic (exact) mass is 482 g/mol. The summed E-state index contributed by atoms with van der Waals surface area (Å²) in [6.45, 7) is 1.13. The van der Waals surface area contributed by atoms with Crippen LogP contribution in [0.5, 0.6) is 17.2 Å². The number of hydrogen-bond donors (Lipinski definition) is 1. The number of aliphatic hydroxyl groups is 1. The molecule has 0 saturated heterocycles. The summed E-state index contributed by atoms with van der Waals surface area (Å²) in [6.07, 6.45) is 1.36. The van der Waals surface area contributed by atoms with E-state index in [1.165, 1.54) is 21.3 Å². The number of carbonyl (C=O) groups excluding carboxylic acids is 2. The summed E-state index contributed by atoms with van der Waals surface area (Å²) in [4.78, 5) is 30.1. The van der Waals surface area contributed by atoms with Gasteiger partial charge >= 0.3 is 0 Å². The Morgan fingerprint density at radius 2 is 1.66 bits per heavy atom. The molecule has 1 aliphatic rings. The van der Waals surface area contributed by atoms with E-state index >= 15 is 0 Å². The van der Waals surface area contributed by atoms with Crippen LogP contribution < -0.4 is 14.2 Å². The van der Waals surface area contributed by atoms with Gasteiger partial charge in [0.25, 0.3) is 5.91 Å². The lowest BCUT2D eigenvalue weighted by atomic mass is 9.92. The Labute approximate surface area is 206 Å². The van der Waals surface area contributed by atoms with Crippen molar-refractivity contribution in [1.82, 2.24) is 9.80 Å². The molecule has 0 radical (unpaired) electrons. The second-order valence-corrected chi connectivity index (χ2v) is 8.69. The summed E-state index contributed by atoms with van der Waals surface area (Å²) in [5.74, 6) is -0.0896. The number of amides is 1. The lowest BCUT2D eigenvalue weighted by molar-refractivity contribution is -0.129. The predicted molar refractivity (Wildman–Crippen MR) is 133 cm³/mol. The Kier molecular flexibility index (Phi) is 8.76. The molecule has 0 bridgehead atoms. The number of nitrogens with zero attached hydrogens (tertiary/aromatic N) is 2. The molecule has 0 spiro atoms. The van der Waals surface area contributed by atoms with E-state index in [-0.39, 0.29) is 17.8 Å². The van der Waals surface area contributed by atoms with Crippen LogP contribution >= 0.6 is 0 Å². The van der Waals surface area contributed by atoms with Crippen molar-refractivity contribution in [1.29, 1.82) is 0 Å². The fourth-order valence-corrected chi connectivity index (χ4v) is 4.37. The van der Waals surface area contributed by atoms with E-state index in [2.05, 4.69) is 0 Å². The molecule has 1 heterocycles. The highest BCUT2D eigenvalue weighted by molar-refractivity contribution is 6.09. The molecule has 188 valence electrons. The molecule has 1 amide bonds. The SMILES string of the molecule is COc1cc(C2C(C(=O)CCc3ccccc3)=C(O)C(=O)N2CCCN(C)C)cc(OC)c1OC. The van der Waals surface area contributed by atoms with Gasteiger partial charge < -0.3 is 29.1 Å². The molecule has 1 N–H and O–H groups in total. The third-order valence-electron chi connectivity index (χ3n) is 6.09. The third kappa shape index (κ3) is 5.77. The fourth-order valence-electron chi connectivity index (χ4n) is 4.37. The highest BCUT2D eigenvalue weighted by Gasteiger charge is 2.43. The van der Waals surface area contributed by atoms with Gasteiger partial charge in [0.1, 0.15) is 0 Å². The second kappa shape index (κ2) is 11.8. The van der Waals surface area contributed by atoms with Crippen LogP contribution in [-0.2, 0) is 16.0 Å². The van der Waals surface area contributed by atoms with Gasteiger partial charge in [-0.3, -0.25) is 9.59 Å². The standard InChI is InChI=1S/C27H34N2O6/c1-28(2)14-9-15-29-24(19-16-21(33-3)26(35-5)22(17-19)34-4)23(25(31)27(29)32)20(30)13-12-18-10-7-6-8-11-18/h6-8,10-11,16-17,24,31H,9,12-15H2,1-5H3. The smallest absolute Gasteiger partial charge is 0.290 e. The van der Waals surface area contributed by atoms with Crippen LogP contribution in [0.4, 0.5) is 0 Å². The molecule has 8 heteroatoms. The quantitative estimate of drug-likeness (QED) is 0.495. The van der Waals surface area contributed by atoms with Crippen molar-refractivity contribution in [3.05, 3.63) is 64.9 Å². The number of aliphatic hydroxyl groups excluding tert-OH is 1. The number of ether oxygens (including phenoxy) is 3. The average molecular weight is 483 g/mol. The molecule has 1 atom stereocenters. The molecule has 0 aromatic heterocycles. The molecular formula is C27H34N2O6. The first-order chi connectivity index (χ1) is 16.8. The van der Waals surface area contributed by atoms with E-state index in [1.54, 1.807) is 17.0 Å². The maximum absolute atomic E-state index is 13.4. The molecule has 2 aromatic rings. The third-order valence-corrected chi connectivity index (χ3v) is 6.09. The normalized spacial score (nSPS) is 15.7. The van der Waals surface area contributed by atoms with Crippen molar-refractivity contribution in [2.24, 2.45) is 0 Å². The molecule has 1 unspecified atom stereocenters. The fraction of sp³-hybridized carbons (Fsp3) is 0.407. The van der Waals surface area contributed by atoms with Crippen LogP contribution in [0.2, 0.25) is 0 Å². The molecule has 35 heavy (non-hydrogen) atoms. The Morgan fingerprint density at radius 1 is 1.03 bits per heavy atom. The van der Waals surface area contributed by atoms with Crippen molar-refractivity contribution < 1.29 is 28.9 Å². The highest BCUT2D eigenvalue weighted by Crippen LogP contribution is 2.45. The first kappa shape index (κ1) is 26.1. The summed E-state index contributed by atoms with van der Waals surface area (Å²) >= 11 is 0. The Morgan fingerprint density at radius 3 is 2.20 bits per heavy atom. The van der Waals surface area contributed by atoms with Crippen LogP contribution in [0, 0.1) is 0 Å². The maximum atomic E-state index is 13.4. The number of ketones is 1. The molecular weight excluding hydrogens is 448 g/mol. The zero-order chi connectivity index (χ0) is 25.5. The molecule has 2 aromatic carbocycles. The van der Waals surface area contributed by atoms with E-state index in [0.29, 0.717) is 42.2 Å². The van der Waals surface area contributed by atoms with Crippen molar-refractivity contribution in [3.8, 4) is 17.2 Å². The van der Waals surface area contributed by atoms with Gasteiger partial charge in [-0.1, -0.05) is 30.3 Å². The van der Waals surface area contributed by atoms with Crippen molar-refractivity contribution in [3.63, 3.8) is 0 Å². The number of methoxy groups -OCH3 is 3. The Bertz CT molecular complexity index is 1060. The van der Waals surface area contributed by atoms with Crippen molar-refractivity contribution >= 4 is 11.7 Å². The second-order valence-electron chi connectivity index (χ2n) is 8.69. The van der Waals surface area contributed by atoms with Gasteiger partial charge in [-0.15, -0.1) is 0 Å². The number of aryl methyl sites for hydroxylation is 1. The molecule has 0 aliphatic carbocycles. The first-order valence-corrected chi connectivity index (χ1v) is 11.6. The minimum absolute atomic E-state index is 0.102. The summed E-state index contributed by atoms with van der Waals surface area (Å²) in [5, 5.41) is 10.9. The van der Waals surface area contributed by atoms with Crippen LogP contribution in [0.25, 0.3) is 0 Å². The van der Waals surface area contributed by atoms with Crippen molar-refractivity contribution in [2.75, 3.05) is 48.5 Å². The number of rotatable bonds is 12. The van der Waals surface area contributed by atoms with Gasteiger partial charge in [-0.2, -0.15) is 0 Å². The van der Waals surface area contributed by atoms with E-state index in [1.807, 2.05) is 49.3 Å². The van der Waals surface area contributed by atoms with E-state index in [0.717, 1.165) is 12.1 Å². The summed E-state index contributed by atoms with van der Waals surface area (Å²) < 4.78 is 16.4. The van der Waals surface area contributed by atoms with Gasteiger partial charge in [0.2, 0.25) is 5.75 Å².